The molecule has 12 heteroatoms. The Morgan fingerprint density at radius 3 is 2.87 bits per heavy atom. The van der Waals surface area contributed by atoms with Crippen molar-refractivity contribution in [1.29, 1.82) is 0 Å². The Balaban J connectivity index is 1.58. The van der Waals surface area contributed by atoms with E-state index in [4.69, 9.17) is 18.3 Å². The number of carbonyl (C=O) groups excluding carboxylic acids is 1. The zero-order valence-corrected chi connectivity index (χ0v) is 18.9. The van der Waals surface area contributed by atoms with Crippen LogP contribution in [0.1, 0.15) is 38.3 Å². The minimum absolute atomic E-state index is 0.0392. The second kappa shape index (κ2) is 9.48. The van der Waals surface area contributed by atoms with Crippen molar-refractivity contribution < 1.29 is 32.1 Å². The molecule has 2 aliphatic heterocycles. The molecule has 2 aliphatic rings. The Kier molecular flexibility index (Phi) is 7.40. The van der Waals surface area contributed by atoms with Gasteiger partial charge < -0.3 is 4.74 Å². The standard InChI is InChI=1S/C18H26FN2O7PS/c1-10(2)27-17(22)11(3)6-8-25-29(24)26-9-13-15(28-29)14(19)16(30-13)21-7-5-12(4)20-18(21)23/h5,7,10-11,13-16H,6,8-9H2,1-4H3/t11-,13-,14+,15-,16-,29-/m1/s1. The third-order valence-electron chi connectivity index (χ3n) is 4.71. The number of aryl methyl sites for hydroxylation is 1. The van der Waals surface area contributed by atoms with Crippen LogP contribution in [0.3, 0.4) is 0 Å². The van der Waals surface area contributed by atoms with Gasteiger partial charge in [0.1, 0.15) is 11.5 Å². The van der Waals surface area contributed by atoms with E-state index in [0.29, 0.717) is 5.69 Å². The SMILES string of the molecule is Cc1ccn([C@@H]2S[C@@H]3CO[P@@](=O)(OCC[C@@H](C)C(=O)OC(C)C)O[C@H]3[C@@H]2F)c(=O)n1. The number of thioether (sulfide) groups is 1. The molecule has 9 nitrogen and oxygen atoms in total. The number of fused-ring (bicyclic) bond motifs is 1. The normalized spacial score (nSPS) is 32.1. The van der Waals surface area contributed by atoms with Gasteiger partial charge in [0.2, 0.25) is 0 Å². The number of nitrogens with zero attached hydrogens (tertiary/aromatic N) is 2. The predicted molar refractivity (Wildman–Crippen MR) is 108 cm³/mol. The number of rotatable bonds is 7. The minimum Gasteiger partial charge on any atom is -0.463 e. The first-order chi connectivity index (χ1) is 14.1. The van der Waals surface area contributed by atoms with Gasteiger partial charge in [-0.15, -0.1) is 11.8 Å². The van der Waals surface area contributed by atoms with Gasteiger partial charge in [-0.25, -0.2) is 13.8 Å². The molecule has 0 radical (unpaired) electrons. The fraction of sp³-hybridized carbons (Fsp3) is 0.722. The van der Waals surface area contributed by atoms with Gasteiger partial charge in [-0.3, -0.25) is 22.9 Å². The Labute approximate surface area is 178 Å². The fourth-order valence-corrected chi connectivity index (χ4v) is 6.16. The van der Waals surface area contributed by atoms with E-state index in [9.17, 15) is 14.2 Å². The molecule has 3 rings (SSSR count). The predicted octanol–water partition coefficient (Wildman–Crippen LogP) is 3.02. The first-order valence-electron chi connectivity index (χ1n) is 9.73. The van der Waals surface area contributed by atoms with E-state index in [2.05, 4.69) is 4.98 Å². The lowest BCUT2D eigenvalue weighted by molar-refractivity contribution is -0.152. The maximum absolute atomic E-state index is 15.1. The van der Waals surface area contributed by atoms with Crippen LogP contribution in [0, 0.1) is 12.8 Å². The summed E-state index contributed by atoms with van der Waals surface area (Å²) in [5, 5.41) is -1.30. The van der Waals surface area contributed by atoms with Crippen LogP contribution >= 0.6 is 19.6 Å². The second-order valence-corrected chi connectivity index (χ2v) is 10.6. The number of carbonyl (C=O) groups is 1. The highest BCUT2D eigenvalue weighted by Gasteiger charge is 2.54. The molecule has 1 aromatic heterocycles. The summed E-state index contributed by atoms with van der Waals surface area (Å²) in [6, 6.07) is 1.62. The highest BCUT2D eigenvalue weighted by atomic mass is 32.2. The van der Waals surface area contributed by atoms with Crippen molar-refractivity contribution in [3.8, 4) is 0 Å². The van der Waals surface area contributed by atoms with Crippen molar-refractivity contribution >= 4 is 25.6 Å². The summed E-state index contributed by atoms with van der Waals surface area (Å²) in [6.07, 6.45) is -1.14. The number of esters is 1. The topological polar surface area (TPSA) is 106 Å². The molecule has 0 saturated carbocycles. The van der Waals surface area contributed by atoms with Crippen molar-refractivity contribution in [2.75, 3.05) is 13.2 Å². The summed E-state index contributed by atoms with van der Waals surface area (Å²) in [6.45, 7) is 6.74. The highest BCUT2D eigenvalue weighted by Crippen LogP contribution is 2.60. The molecule has 0 N–H and O–H groups in total. The van der Waals surface area contributed by atoms with Crippen LogP contribution in [0.2, 0.25) is 0 Å². The first kappa shape index (κ1) is 23.4. The number of hydrogen-bond acceptors (Lipinski definition) is 9. The van der Waals surface area contributed by atoms with Crippen molar-refractivity contribution in [3.05, 3.63) is 28.4 Å². The second-order valence-electron chi connectivity index (χ2n) is 7.59. The van der Waals surface area contributed by atoms with E-state index in [0.717, 1.165) is 0 Å². The maximum atomic E-state index is 15.1. The molecule has 6 atom stereocenters. The van der Waals surface area contributed by atoms with Gasteiger partial charge in [0, 0.05) is 11.9 Å². The van der Waals surface area contributed by atoms with Gasteiger partial charge in [-0.1, -0.05) is 6.92 Å². The summed E-state index contributed by atoms with van der Waals surface area (Å²) in [7, 11) is -3.98. The molecule has 0 bridgehead atoms. The lowest BCUT2D eigenvalue weighted by atomic mass is 10.1. The summed E-state index contributed by atoms with van der Waals surface area (Å²) >= 11 is 1.17. The third kappa shape index (κ3) is 5.31. The van der Waals surface area contributed by atoms with E-state index >= 15 is 4.39 Å². The van der Waals surface area contributed by atoms with Crippen LogP contribution in [0.5, 0.6) is 0 Å². The lowest BCUT2D eigenvalue weighted by Gasteiger charge is -2.31. The molecular formula is C18H26FN2O7PS. The van der Waals surface area contributed by atoms with E-state index < -0.39 is 42.3 Å². The average molecular weight is 464 g/mol. The molecular weight excluding hydrogens is 438 g/mol. The Hall–Kier alpha value is -1.26. The zero-order chi connectivity index (χ0) is 22.1. The Morgan fingerprint density at radius 1 is 1.47 bits per heavy atom. The summed E-state index contributed by atoms with van der Waals surface area (Å²) < 4.78 is 50.1. The number of ether oxygens (including phenoxy) is 1. The summed E-state index contributed by atoms with van der Waals surface area (Å²) in [5.74, 6) is -0.841. The van der Waals surface area contributed by atoms with Crippen LogP contribution in [0.4, 0.5) is 4.39 Å². The molecule has 168 valence electrons. The number of alkyl halides is 1. The smallest absolute Gasteiger partial charge is 0.463 e. The molecule has 2 fully saturated rings. The van der Waals surface area contributed by atoms with Crippen LogP contribution < -0.4 is 5.69 Å². The number of halogens is 1. The van der Waals surface area contributed by atoms with Crippen molar-refractivity contribution in [2.45, 2.75) is 63.1 Å². The van der Waals surface area contributed by atoms with Gasteiger partial charge in [0.25, 0.3) is 0 Å². The van der Waals surface area contributed by atoms with Crippen LogP contribution in [0.25, 0.3) is 0 Å². The summed E-state index contributed by atoms with van der Waals surface area (Å²) in [4.78, 5) is 27.8. The number of aromatic nitrogens is 2. The highest BCUT2D eigenvalue weighted by molar-refractivity contribution is 8.00. The van der Waals surface area contributed by atoms with E-state index in [1.165, 1.54) is 22.5 Å². The van der Waals surface area contributed by atoms with E-state index in [-0.39, 0.29) is 31.7 Å². The molecule has 1 aromatic rings. The molecule has 0 unspecified atom stereocenters. The van der Waals surface area contributed by atoms with Crippen LogP contribution in [-0.4, -0.2) is 52.4 Å². The molecule has 0 aromatic carbocycles. The molecule has 0 spiro atoms. The molecule has 30 heavy (non-hydrogen) atoms. The minimum atomic E-state index is -3.98. The lowest BCUT2D eigenvalue weighted by Crippen LogP contribution is -2.38. The molecule has 3 heterocycles. The Morgan fingerprint density at radius 2 is 2.20 bits per heavy atom. The first-order valence-corrected chi connectivity index (χ1v) is 12.1. The van der Waals surface area contributed by atoms with Gasteiger partial charge >= 0.3 is 19.5 Å². The van der Waals surface area contributed by atoms with Gasteiger partial charge in [0.15, 0.2) is 6.17 Å². The largest absolute Gasteiger partial charge is 0.475 e. The third-order valence-corrected chi connectivity index (χ3v) is 7.70. The number of hydrogen-bond donors (Lipinski definition) is 0. The van der Waals surface area contributed by atoms with Crippen LogP contribution in [-0.2, 0) is 27.7 Å². The van der Waals surface area contributed by atoms with Crippen molar-refractivity contribution in [2.24, 2.45) is 5.92 Å². The fourth-order valence-electron chi connectivity index (χ4n) is 3.09. The average Bonchev–Trinajstić information content (AvgIpc) is 2.97. The van der Waals surface area contributed by atoms with E-state index in [1.54, 1.807) is 33.8 Å². The Bertz CT molecular complexity index is 882. The van der Waals surface area contributed by atoms with E-state index in [1.807, 2.05) is 0 Å². The van der Waals surface area contributed by atoms with Gasteiger partial charge in [-0.2, -0.15) is 4.98 Å². The zero-order valence-electron chi connectivity index (χ0n) is 17.2. The number of phosphoric acid groups is 1. The van der Waals surface area contributed by atoms with Gasteiger partial charge in [0.05, 0.1) is 30.5 Å². The van der Waals surface area contributed by atoms with Crippen molar-refractivity contribution in [3.63, 3.8) is 0 Å². The maximum Gasteiger partial charge on any atom is 0.475 e. The van der Waals surface area contributed by atoms with Gasteiger partial charge in [-0.05, 0) is 33.3 Å². The molecule has 2 saturated heterocycles. The van der Waals surface area contributed by atoms with Crippen LogP contribution in [0.15, 0.2) is 17.1 Å². The van der Waals surface area contributed by atoms with Crippen molar-refractivity contribution in [1.82, 2.24) is 9.55 Å². The molecule has 0 aliphatic carbocycles. The molecule has 0 amide bonds. The monoisotopic (exact) mass is 464 g/mol. The number of phosphoric ester groups is 1. The summed E-state index contributed by atoms with van der Waals surface area (Å²) in [5.41, 5.74) is -0.0209. The quantitative estimate of drug-likeness (QED) is 0.445.